The van der Waals surface area contributed by atoms with E-state index in [1.54, 1.807) is 14.2 Å². The van der Waals surface area contributed by atoms with Gasteiger partial charge >= 0.3 is 0 Å². The summed E-state index contributed by atoms with van der Waals surface area (Å²) in [6, 6.07) is 13.4. The van der Waals surface area contributed by atoms with Crippen molar-refractivity contribution < 1.29 is 23.8 Å². The van der Waals surface area contributed by atoms with Gasteiger partial charge in [-0.15, -0.1) is 11.8 Å². The Bertz CT molecular complexity index is 996. The average molecular weight is 472 g/mol. The number of benzene rings is 2. The van der Waals surface area contributed by atoms with Gasteiger partial charge in [0.25, 0.3) is 0 Å². The molecule has 176 valence electrons. The van der Waals surface area contributed by atoms with Gasteiger partial charge in [-0.3, -0.25) is 14.5 Å². The first-order chi connectivity index (χ1) is 16.1. The number of anilines is 1. The first-order valence-electron chi connectivity index (χ1n) is 11.0. The fraction of sp³-hybridized carbons (Fsp3) is 0.417. The molecule has 0 aliphatic carbocycles. The number of morpholine rings is 1. The van der Waals surface area contributed by atoms with Crippen molar-refractivity contribution in [2.45, 2.75) is 22.6 Å². The number of ether oxygens (including phenoxy) is 3. The lowest BCUT2D eigenvalue weighted by molar-refractivity contribution is -0.124. The van der Waals surface area contributed by atoms with E-state index in [-0.39, 0.29) is 24.3 Å². The van der Waals surface area contributed by atoms with Crippen LogP contribution in [0.4, 0.5) is 5.69 Å². The molecule has 0 saturated carbocycles. The summed E-state index contributed by atoms with van der Waals surface area (Å²) in [7, 11) is 3.22. The summed E-state index contributed by atoms with van der Waals surface area (Å²) in [5.74, 6) is 1.01. The van der Waals surface area contributed by atoms with E-state index >= 15 is 0 Å². The van der Waals surface area contributed by atoms with E-state index in [9.17, 15) is 9.59 Å². The van der Waals surface area contributed by atoms with Crippen LogP contribution in [0.2, 0.25) is 0 Å². The van der Waals surface area contributed by atoms with E-state index < -0.39 is 5.25 Å². The Hall–Kier alpha value is -2.75. The lowest BCUT2D eigenvalue weighted by atomic mass is 10.0. The fourth-order valence-corrected chi connectivity index (χ4v) is 5.20. The van der Waals surface area contributed by atoms with Crippen LogP contribution in [-0.4, -0.2) is 69.0 Å². The predicted molar refractivity (Wildman–Crippen MR) is 127 cm³/mol. The summed E-state index contributed by atoms with van der Waals surface area (Å²) in [4.78, 5) is 28.6. The highest BCUT2D eigenvalue weighted by molar-refractivity contribution is 8.01. The summed E-state index contributed by atoms with van der Waals surface area (Å²) < 4.78 is 16.4. The molecule has 2 aliphatic rings. The molecule has 2 N–H and O–H groups in total. The van der Waals surface area contributed by atoms with Crippen LogP contribution in [0, 0.1) is 0 Å². The highest BCUT2D eigenvalue weighted by Crippen LogP contribution is 2.36. The van der Waals surface area contributed by atoms with Gasteiger partial charge in [0.2, 0.25) is 11.8 Å². The monoisotopic (exact) mass is 471 g/mol. The van der Waals surface area contributed by atoms with Crippen LogP contribution in [0.15, 0.2) is 47.4 Å². The molecule has 33 heavy (non-hydrogen) atoms. The molecule has 1 saturated heterocycles. The minimum Gasteiger partial charge on any atom is -0.493 e. The zero-order valence-electron chi connectivity index (χ0n) is 18.8. The second-order valence-electron chi connectivity index (χ2n) is 7.88. The molecule has 2 atom stereocenters. The molecular weight excluding hydrogens is 442 g/mol. The van der Waals surface area contributed by atoms with E-state index in [1.807, 2.05) is 42.5 Å². The van der Waals surface area contributed by atoms with Crippen LogP contribution >= 0.6 is 11.8 Å². The van der Waals surface area contributed by atoms with Crippen molar-refractivity contribution in [2.75, 3.05) is 52.4 Å². The zero-order valence-corrected chi connectivity index (χ0v) is 19.7. The number of carbonyl (C=O) groups is 2. The Morgan fingerprint density at radius 1 is 1.18 bits per heavy atom. The molecule has 2 heterocycles. The fourth-order valence-electron chi connectivity index (χ4n) is 4.09. The van der Waals surface area contributed by atoms with Gasteiger partial charge in [-0.1, -0.05) is 18.2 Å². The molecule has 2 aromatic rings. The third-order valence-corrected chi connectivity index (χ3v) is 7.12. The molecule has 0 radical (unpaired) electrons. The minimum atomic E-state index is -0.456. The van der Waals surface area contributed by atoms with Gasteiger partial charge < -0.3 is 24.8 Å². The highest BCUT2D eigenvalue weighted by atomic mass is 32.2. The van der Waals surface area contributed by atoms with Crippen molar-refractivity contribution in [1.29, 1.82) is 0 Å². The zero-order chi connectivity index (χ0) is 23.2. The van der Waals surface area contributed by atoms with Crippen molar-refractivity contribution in [3.05, 3.63) is 48.0 Å². The van der Waals surface area contributed by atoms with E-state index in [2.05, 4.69) is 15.5 Å². The highest BCUT2D eigenvalue weighted by Gasteiger charge is 2.30. The molecule has 0 aromatic heterocycles. The van der Waals surface area contributed by atoms with Crippen molar-refractivity contribution in [2.24, 2.45) is 0 Å². The molecular formula is C24H29N3O5S. The molecule has 0 bridgehead atoms. The lowest BCUT2D eigenvalue weighted by Crippen LogP contribution is -2.44. The van der Waals surface area contributed by atoms with Crippen LogP contribution in [0.25, 0.3) is 0 Å². The summed E-state index contributed by atoms with van der Waals surface area (Å²) >= 11 is 1.43. The molecule has 1 fully saturated rings. The number of hydrogen-bond acceptors (Lipinski definition) is 7. The second-order valence-corrected chi connectivity index (χ2v) is 9.12. The number of methoxy groups -OCH3 is 2. The summed E-state index contributed by atoms with van der Waals surface area (Å²) in [5, 5.41) is 5.49. The largest absolute Gasteiger partial charge is 0.493 e. The van der Waals surface area contributed by atoms with E-state index in [0.717, 1.165) is 29.2 Å². The number of nitrogens with zero attached hydrogens (tertiary/aromatic N) is 1. The number of fused-ring (bicyclic) bond motifs is 1. The third kappa shape index (κ3) is 5.61. The smallest absolute Gasteiger partial charge is 0.238 e. The maximum Gasteiger partial charge on any atom is 0.238 e. The van der Waals surface area contributed by atoms with Crippen LogP contribution in [0.5, 0.6) is 11.5 Å². The molecule has 4 rings (SSSR count). The maximum absolute atomic E-state index is 12.8. The molecule has 2 aromatic carbocycles. The van der Waals surface area contributed by atoms with Crippen molar-refractivity contribution in [3.8, 4) is 11.5 Å². The Morgan fingerprint density at radius 3 is 2.70 bits per heavy atom. The van der Waals surface area contributed by atoms with Crippen molar-refractivity contribution >= 4 is 29.3 Å². The van der Waals surface area contributed by atoms with Gasteiger partial charge in [0.05, 0.1) is 44.4 Å². The Balaban J connectivity index is 1.43. The minimum absolute atomic E-state index is 0.0498. The average Bonchev–Trinajstić information content (AvgIpc) is 2.85. The lowest BCUT2D eigenvalue weighted by Gasteiger charge is -2.35. The molecule has 0 spiro atoms. The third-order valence-electron chi connectivity index (χ3n) is 5.85. The van der Waals surface area contributed by atoms with Gasteiger partial charge in [-0.05, 0) is 29.8 Å². The van der Waals surface area contributed by atoms with Gasteiger partial charge in [-0.2, -0.15) is 0 Å². The normalized spacial score (nSPS) is 19.2. The van der Waals surface area contributed by atoms with Gasteiger partial charge in [0.1, 0.15) is 0 Å². The maximum atomic E-state index is 12.8. The number of carbonyl (C=O) groups excluding carboxylic acids is 2. The SMILES string of the molecule is COc1ccc(C(CNC(=O)CC2Sc3ccccc3NC2=O)N2CCOCC2)cc1OC. The van der Waals surface area contributed by atoms with Crippen molar-refractivity contribution in [3.63, 3.8) is 0 Å². The van der Waals surface area contributed by atoms with E-state index in [1.165, 1.54) is 11.8 Å². The quantitative estimate of drug-likeness (QED) is 0.612. The number of nitrogens with one attached hydrogen (secondary N) is 2. The molecule has 2 unspecified atom stereocenters. The molecule has 2 amide bonds. The Labute approximate surface area is 198 Å². The first kappa shape index (κ1) is 23.4. The van der Waals surface area contributed by atoms with Crippen molar-refractivity contribution in [1.82, 2.24) is 10.2 Å². The Morgan fingerprint density at radius 2 is 1.94 bits per heavy atom. The van der Waals surface area contributed by atoms with Crippen LogP contribution in [-0.2, 0) is 14.3 Å². The number of hydrogen-bond donors (Lipinski definition) is 2. The topological polar surface area (TPSA) is 89.1 Å². The number of para-hydroxylation sites is 1. The number of rotatable bonds is 8. The summed E-state index contributed by atoms with van der Waals surface area (Å²) in [6.45, 7) is 3.26. The standard InChI is InChI=1S/C24H29N3O5S/c1-30-19-8-7-16(13-20(19)31-2)18(27-9-11-32-12-10-27)15-25-23(28)14-22-24(29)26-17-5-3-4-6-21(17)33-22/h3-8,13,18,22H,9-12,14-15H2,1-2H3,(H,25,28)(H,26,29). The predicted octanol–water partition coefficient (Wildman–Crippen LogP) is 2.70. The summed E-state index contributed by atoms with van der Waals surface area (Å²) in [6.07, 6.45) is 0.118. The second kappa shape index (κ2) is 10.9. The number of amides is 2. The van der Waals surface area contributed by atoms with Crippen LogP contribution < -0.4 is 20.1 Å². The van der Waals surface area contributed by atoms with Gasteiger partial charge in [0, 0.05) is 31.0 Å². The van der Waals surface area contributed by atoms with E-state index in [0.29, 0.717) is 31.3 Å². The molecule has 8 nitrogen and oxygen atoms in total. The molecule has 2 aliphatic heterocycles. The number of thioether (sulfide) groups is 1. The van der Waals surface area contributed by atoms with Crippen LogP contribution in [0.3, 0.4) is 0 Å². The Kier molecular flexibility index (Phi) is 7.74. The summed E-state index contributed by atoms with van der Waals surface area (Å²) in [5.41, 5.74) is 1.82. The molecule has 9 heteroatoms. The van der Waals surface area contributed by atoms with E-state index in [4.69, 9.17) is 14.2 Å². The van der Waals surface area contributed by atoms with Gasteiger partial charge in [-0.25, -0.2) is 0 Å². The van der Waals surface area contributed by atoms with Gasteiger partial charge in [0.15, 0.2) is 11.5 Å². The first-order valence-corrected chi connectivity index (χ1v) is 11.8. The van der Waals surface area contributed by atoms with Crippen LogP contribution in [0.1, 0.15) is 18.0 Å².